The number of hydrogen-bond acceptors (Lipinski definition) is 2. The van der Waals surface area contributed by atoms with Crippen LogP contribution >= 0.6 is 0 Å². The molecule has 0 aliphatic heterocycles. The summed E-state index contributed by atoms with van der Waals surface area (Å²) < 4.78 is 1.34. The van der Waals surface area contributed by atoms with Crippen molar-refractivity contribution in [1.82, 2.24) is 0 Å². The summed E-state index contributed by atoms with van der Waals surface area (Å²) in [5, 5.41) is 17.3. The Bertz CT molecular complexity index is 402. The van der Waals surface area contributed by atoms with E-state index in [4.69, 9.17) is 10.2 Å². The van der Waals surface area contributed by atoms with Crippen molar-refractivity contribution in [2.45, 2.75) is 49.6 Å². The molecule has 0 fully saturated rings. The summed E-state index contributed by atoms with van der Waals surface area (Å²) in [4.78, 5) is 10.3. The van der Waals surface area contributed by atoms with Gasteiger partial charge < -0.3 is 10.2 Å². The second-order valence-corrected chi connectivity index (χ2v) is 16.8. The van der Waals surface area contributed by atoms with Crippen LogP contribution in [0.2, 0.25) is 8.02 Å². The number of aromatic hydroxyl groups is 1. The van der Waals surface area contributed by atoms with Crippen molar-refractivity contribution >= 4 is 5.97 Å². The number of rotatable bonds is 1. The van der Waals surface area contributed by atoms with Crippen LogP contribution in [-0.4, -0.2) is 16.2 Å². The van der Waals surface area contributed by atoms with Crippen LogP contribution in [-0.2, 0) is 17.1 Å². The zero-order valence-electron chi connectivity index (χ0n) is 12.8. The first kappa shape index (κ1) is 18.1. The van der Waals surface area contributed by atoms with Crippen LogP contribution in [0.15, 0.2) is 24.3 Å². The Morgan fingerprint density at radius 3 is 1.63 bits per heavy atom. The average Bonchev–Trinajstić information content (AvgIpc) is 2.12. The van der Waals surface area contributed by atoms with Gasteiger partial charge in [0.05, 0.1) is 0 Å². The molecule has 3 nitrogen and oxygen atoms in total. The van der Waals surface area contributed by atoms with Gasteiger partial charge >= 0.3 is 72.7 Å². The molecule has 1 rings (SSSR count). The van der Waals surface area contributed by atoms with Crippen molar-refractivity contribution in [3.05, 3.63) is 29.8 Å². The number of hydrogen-bond donors (Lipinski definition) is 2. The Morgan fingerprint density at radius 1 is 1.00 bits per heavy atom. The molecule has 19 heavy (non-hydrogen) atoms. The van der Waals surface area contributed by atoms with E-state index < -0.39 is 5.97 Å². The molecule has 0 heterocycles. The average molecular weight is 318 g/mol. The van der Waals surface area contributed by atoms with E-state index in [1.807, 2.05) is 0 Å². The molecule has 1 aromatic rings. The molecule has 0 radical (unpaired) electrons. The number of carboxylic acid groups (broad SMARTS) is 1. The fourth-order valence-electron chi connectivity index (χ4n) is 2.25. The molecule has 0 saturated heterocycles. The van der Waals surface area contributed by atoms with Crippen LogP contribution in [0.3, 0.4) is 0 Å². The molecule has 4 heteroatoms. The van der Waals surface area contributed by atoms with Gasteiger partial charge in [-0.2, -0.15) is 0 Å². The number of carboxylic acids is 1. The van der Waals surface area contributed by atoms with Crippen molar-refractivity contribution in [1.29, 1.82) is 0 Å². The first-order valence-corrected chi connectivity index (χ1v) is 9.40. The van der Waals surface area contributed by atoms with Gasteiger partial charge in [-0.15, -0.1) is 0 Å². The zero-order chi connectivity index (χ0) is 15.3. The predicted molar refractivity (Wildman–Crippen MR) is 74.5 cm³/mol. The number of phenols is 1. The van der Waals surface area contributed by atoms with Crippen LogP contribution in [0.1, 0.15) is 51.9 Å². The van der Waals surface area contributed by atoms with Crippen molar-refractivity contribution in [2.75, 3.05) is 0 Å². The van der Waals surface area contributed by atoms with Crippen molar-refractivity contribution in [3.8, 4) is 5.75 Å². The summed E-state index contributed by atoms with van der Waals surface area (Å²) >= 11 is -0.333. The molecular formula is C15H24O3Zn. The molecule has 0 spiro atoms. The maximum absolute atomic E-state index is 10.3. The third-order valence-electron chi connectivity index (χ3n) is 2.20. The normalized spacial score (nSPS) is 11.1. The molecule has 0 aromatic heterocycles. The fraction of sp³-hybridized carbons (Fsp3) is 0.533. The third kappa shape index (κ3) is 9.66. The van der Waals surface area contributed by atoms with Gasteiger partial charge in [0, 0.05) is 0 Å². The second kappa shape index (κ2) is 7.05. The van der Waals surface area contributed by atoms with E-state index in [2.05, 4.69) is 41.5 Å². The van der Waals surface area contributed by atoms with Crippen LogP contribution in [0.5, 0.6) is 5.75 Å². The van der Waals surface area contributed by atoms with Gasteiger partial charge in [0.2, 0.25) is 0 Å². The molecular weight excluding hydrogens is 294 g/mol. The Balaban J connectivity index is 0.000000344. The minimum Gasteiger partial charge on any atom is -0.507 e. The van der Waals surface area contributed by atoms with Crippen LogP contribution in [0.25, 0.3) is 0 Å². The maximum atomic E-state index is 10.3. The van der Waals surface area contributed by atoms with E-state index in [1.165, 1.54) is 12.1 Å². The van der Waals surface area contributed by atoms with E-state index in [-0.39, 0.29) is 28.4 Å². The van der Waals surface area contributed by atoms with E-state index in [0.717, 1.165) is 0 Å². The quantitative estimate of drug-likeness (QED) is 0.744. The zero-order valence-corrected chi connectivity index (χ0v) is 15.8. The van der Waals surface area contributed by atoms with E-state index in [1.54, 1.807) is 12.1 Å². The molecule has 0 bridgehead atoms. The van der Waals surface area contributed by atoms with Gasteiger partial charge in [-0.25, -0.2) is 4.79 Å². The smallest absolute Gasteiger partial charge is 0.339 e. The summed E-state index contributed by atoms with van der Waals surface area (Å²) in [7, 11) is 0. The Hall–Kier alpha value is -0.887. The Morgan fingerprint density at radius 2 is 1.42 bits per heavy atom. The van der Waals surface area contributed by atoms with Gasteiger partial charge in [0.15, 0.2) is 0 Å². The Kier molecular flexibility index (Phi) is 6.72. The van der Waals surface area contributed by atoms with Crippen LogP contribution < -0.4 is 0 Å². The summed E-state index contributed by atoms with van der Waals surface area (Å²) in [6.45, 7) is 14.2. The largest absolute Gasteiger partial charge is 0.507 e. The van der Waals surface area contributed by atoms with Crippen molar-refractivity contribution < 1.29 is 32.1 Å². The van der Waals surface area contributed by atoms with Gasteiger partial charge in [-0.3, -0.25) is 0 Å². The SMILES string of the molecule is C[C](C)(C)[Zn][C](C)(C)C.O=C(O)c1ccccc1O. The fourth-order valence-corrected chi connectivity index (χ4v) is 8.92. The molecule has 0 unspecified atom stereocenters. The van der Waals surface area contributed by atoms with Crippen molar-refractivity contribution in [3.63, 3.8) is 0 Å². The molecule has 1 aromatic carbocycles. The summed E-state index contributed by atoms with van der Waals surface area (Å²) in [5.74, 6) is -1.31. The Labute approximate surface area is 123 Å². The van der Waals surface area contributed by atoms with Gasteiger partial charge in [-0.1, -0.05) is 12.1 Å². The number of carbonyl (C=O) groups is 1. The van der Waals surface area contributed by atoms with Crippen molar-refractivity contribution in [2.24, 2.45) is 0 Å². The first-order chi connectivity index (χ1) is 8.42. The standard InChI is InChI=1S/C7H6O3.2C4H9.Zn/c8-6-4-2-1-3-5(6)7(9)10;2*1-4(2)3;/h1-4,8H,(H,9,10);2*1-3H3;. The molecule has 0 amide bonds. The van der Waals surface area contributed by atoms with Gasteiger partial charge in [0.25, 0.3) is 0 Å². The maximum Gasteiger partial charge on any atom is 0.339 e. The van der Waals surface area contributed by atoms with Crippen LogP contribution in [0.4, 0.5) is 0 Å². The van der Waals surface area contributed by atoms with Crippen LogP contribution in [0, 0.1) is 0 Å². The van der Waals surface area contributed by atoms with E-state index in [9.17, 15) is 4.79 Å². The number of para-hydroxylation sites is 1. The number of aromatic carboxylic acids is 1. The van der Waals surface area contributed by atoms with E-state index >= 15 is 0 Å². The third-order valence-corrected chi connectivity index (χ3v) is 6.65. The van der Waals surface area contributed by atoms with Gasteiger partial charge in [-0.05, 0) is 12.1 Å². The molecule has 0 aliphatic rings. The molecule has 0 atom stereocenters. The van der Waals surface area contributed by atoms with E-state index in [0.29, 0.717) is 8.02 Å². The molecule has 0 aliphatic carbocycles. The molecule has 2 N–H and O–H groups in total. The summed E-state index contributed by atoms with van der Waals surface area (Å²) in [5.41, 5.74) is -0.0671. The monoisotopic (exact) mass is 316 g/mol. The second-order valence-electron chi connectivity index (χ2n) is 7.12. The summed E-state index contributed by atoms with van der Waals surface area (Å²) in [6.07, 6.45) is 0. The summed E-state index contributed by atoms with van der Waals surface area (Å²) in [6, 6.07) is 5.81. The molecule has 104 valence electrons. The predicted octanol–water partition coefficient (Wildman–Crippen LogP) is 4.60. The topological polar surface area (TPSA) is 57.5 Å². The minimum atomic E-state index is -1.11. The van der Waals surface area contributed by atoms with Gasteiger partial charge in [0.1, 0.15) is 11.3 Å². The first-order valence-electron chi connectivity index (χ1n) is 6.44. The number of benzene rings is 1. The molecule has 0 saturated carbocycles. The minimum absolute atomic E-state index is 0.0671.